The Hall–Kier alpha value is -2.05. The molecular weight excluding hydrogens is 292 g/mol. The van der Waals surface area contributed by atoms with Gasteiger partial charge < -0.3 is 0 Å². The summed E-state index contributed by atoms with van der Waals surface area (Å²) in [5.74, 6) is 0. The maximum Gasteiger partial charge on any atom is 0.270 e. The van der Waals surface area contributed by atoms with Crippen LogP contribution in [0, 0.1) is 17.0 Å². The van der Waals surface area contributed by atoms with E-state index in [-0.39, 0.29) is 10.6 Å². The van der Waals surface area contributed by atoms with Crippen molar-refractivity contribution in [1.29, 1.82) is 0 Å². The first-order valence-corrected chi connectivity index (χ1v) is 7.54. The van der Waals surface area contributed by atoms with Crippen LogP contribution in [0.5, 0.6) is 0 Å². The maximum absolute atomic E-state index is 10.7. The average Bonchev–Trinajstić information content (AvgIpc) is 3.00. The van der Waals surface area contributed by atoms with Crippen LogP contribution in [0.3, 0.4) is 0 Å². The number of benzene rings is 1. The van der Waals surface area contributed by atoms with Crippen molar-refractivity contribution >= 4 is 50.7 Å². The summed E-state index contributed by atoms with van der Waals surface area (Å²) < 4.78 is 0.834. The fourth-order valence-corrected chi connectivity index (χ4v) is 3.50. The van der Waals surface area contributed by atoms with Crippen LogP contribution in [0.4, 0.5) is 5.69 Å². The van der Waals surface area contributed by atoms with Crippen molar-refractivity contribution < 1.29 is 4.92 Å². The zero-order valence-corrected chi connectivity index (χ0v) is 12.2. The lowest BCUT2D eigenvalue weighted by molar-refractivity contribution is -0.384. The molecule has 20 heavy (non-hydrogen) atoms. The molecular formula is C14H10N2O2S2. The van der Waals surface area contributed by atoms with Gasteiger partial charge >= 0.3 is 0 Å². The first-order valence-electron chi connectivity index (χ1n) is 5.91. The van der Waals surface area contributed by atoms with Crippen LogP contribution in [0.25, 0.3) is 22.4 Å². The number of fused-ring (bicyclic) bond motifs is 1. The third-order valence-corrected chi connectivity index (χ3v) is 4.70. The number of thiophene rings is 1. The van der Waals surface area contributed by atoms with Crippen LogP contribution in [-0.2, 0) is 0 Å². The van der Waals surface area contributed by atoms with E-state index in [1.54, 1.807) is 23.5 Å². The molecule has 4 nitrogen and oxygen atoms in total. The lowest BCUT2D eigenvalue weighted by Crippen LogP contribution is -1.85. The normalized spacial score (nSPS) is 11.4. The quantitative estimate of drug-likeness (QED) is 0.518. The molecule has 6 heteroatoms. The number of non-ortho nitro benzene ring substituents is 1. The summed E-state index contributed by atoms with van der Waals surface area (Å²) in [5, 5.41) is 11.6. The third kappa shape index (κ3) is 2.61. The molecule has 0 aliphatic heterocycles. The maximum atomic E-state index is 10.7. The van der Waals surface area contributed by atoms with E-state index in [9.17, 15) is 10.1 Å². The number of thiazole rings is 1. The summed E-state index contributed by atoms with van der Waals surface area (Å²) in [4.78, 5) is 17.2. The minimum Gasteiger partial charge on any atom is -0.258 e. The van der Waals surface area contributed by atoms with E-state index in [0.29, 0.717) is 0 Å². The summed E-state index contributed by atoms with van der Waals surface area (Å²) in [6.07, 6.45) is 3.96. The highest BCUT2D eigenvalue weighted by atomic mass is 32.1. The fourth-order valence-electron chi connectivity index (χ4n) is 1.81. The molecule has 0 bridgehead atoms. The zero-order valence-electron chi connectivity index (χ0n) is 10.6. The minimum absolute atomic E-state index is 0.102. The van der Waals surface area contributed by atoms with Gasteiger partial charge in [0, 0.05) is 21.9 Å². The molecule has 0 fully saturated rings. The molecule has 0 aliphatic carbocycles. The molecule has 0 spiro atoms. The van der Waals surface area contributed by atoms with Crippen molar-refractivity contribution in [1.82, 2.24) is 4.98 Å². The lowest BCUT2D eigenvalue weighted by atomic mass is 10.3. The number of hydrogen-bond acceptors (Lipinski definition) is 5. The van der Waals surface area contributed by atoms with E-state index in [1.807, 2.05) is 12.2 Å². The van der Waals surface area contributed by atoms with Crippen LogP contribution in [-0.4, -0.2) is 9.91 Å². The predicted octanol–water partition coefficient (Wildman–Crippen LogP) is 4.74. The van der Waals surface area contributed by atoms with Gasteiger partial charge in [0.15, 0.2) is 0 Å². The number of nitro groups is 1. The van der Waals surface area contributed by atoms with Gasteiger partial charge in [-0.2, -0.15) is 0 Å². The Balaban J connectivity index is 1.92. The Labute approximate surface area is 123 Å². The monoisotopic (exact) mass is 302 g/mol. The van der Waals surface area contributed by atoms with Gasteiger partial charge in [-0.3, -0.25) is 10.1 Å². The summed E-state index contributed by atoms with van der Waals surface area (Å²) >= 11 is 3.18. The molecule has 0 saturated carbocycles. The second kappa shape index (κ2) is 5.15. The van der Waals surface area contributed by atoms with Crippen LogP contribution >= 0.6 is 22.7 Å². The van der Waals surface area contributed by atoms with Crippen LogP contribution < -0.4 is 0 Å². The Kier molecular flexibility index (Phi) is 3.33. The summed E-state index contributed by atoms with van der Waals surface area (Å²) in [5.41, 5.74) is 0.896. The van der Waals surface area contributed by atoms with E-state index < -0.39 is 0 Å². The van der Waals surface area contributed by atoms with E-state index in [2.05, 4.69) is 24.0 Å². The van der Waals surface area contributed by atoms with Gasteiger partial charge in [-0.05, 0) is 37.3 Å². The molecule has 1 aromatic carbocycles. The number of aryl methyl sites for hydroxylation is 1. The largest absolute Gasteiger partial charge is 0.270 e. The first kappa shape index (κ1) is 13.0. The number of hydrogen-bond donors (Lipinski definition) is 0. The van der Waals surface area contributed by atoms with Gasteiger partial charge in [-0.15, -0.1) is 22.7 Å². The highest BCUT2D eigenvalue weighted by molar-refractivity contribution is 7.19. The molecule has 100 valence electrons. The molecule has 0 N–H and O–H groups in total. The molecule has 3 rings (SSSR count). The Bertz CT molecular complexity index is 818. The van der Waals surface area contributed by atoms with Gasteiger partial charge in [-0.1, -0.05) is 0 Å². The van der Waals surface area contributed by atoms with Crippen molar-refractivity contribution in [3.05, 3.63) is 55.2 Å². The van der Waals surface area contributed by atoms with Gasteiger partial charge in [0.05, 0.1) is 15.1 Å². The summed E-state index contributed by atoms with van der Waals surface area (Å²) in [7, 11) is 0. The van der Waals surface area contributed by atoms with Gasteiger partial charge in [0.1, 0.15) is 5.01 Å². The topological polar surface area (TPSA) is 56.0 Å². The highest BCUT2D eigenvalue weighted by Gasteiger charge is 2.09. The van der Waals surface area contributed by atoms with E-state index >= 15 is 0 Å². The molecule has 0 saturated heterocycles. The molecule has 2 aromatic heterocycles. The average molecular weight is 302 g/mol. The lowest BCUT2D eigenvalue weighted by Gasteiger charge is -1.88. The van der Waals surface area contributed by atoms with E-state index in [4.69, 9.17) is 0 Å². The Morgan fingerprint density at radius 2 is 2.05 bits per heavy atom. The SMILES string of the molecule is Cc1ccc(/C=C/c2nc3ccc([N+](=O)[O-])cc3s2)s1. The van der Waals surface area contributed by atoms with Crippen molar-refractivity contribution in [2.45, 2.75) is 6.92 Å². The van der Waals surface area contributed by atoms with Gasteiger partial charge in [0.2, 0.25) is 0 Å². The van der Waals surface area contributed by atoms with Gasteiger partial charge in [0.25, 0.3) is 5.69 Å². The molecule has 0 atom stereocenters. The highest BCUT2D eigenvalue weighted by Crippen LogP contribution is 2.27. The first-order chi connectivity index (χ1) is 9.61. The number of aromatic nitrogens is 1. The van der Waals surface area contributed by atoms with Gasteiger partial charge in [-0.25, -0.2) is 4.98 Å². The molecule has 2 heterocycles. The van der Waals surface area contributed by atoms with Crippen molar-refractivity contribution in [3.63, 3.8) is 0 Å². The fraction of sp³-hybridized carbons (Fsp3) is 0.0714. The van der Waals surface area contributed by atoms with Crippen LogP contribution in [0.15, 0.2) is 30.3 Å². The van der Waals surface area contributed by atoms with E-state index in [0.717, 1.165) is 15.2 Å². The predicted molar refractivity (Wildman–Crippen MR) is 84.3 cm³/mol. The van der Waals surface area contributed by atoms with Crippen LogP contribution in [0.2, 0.25) is 0 Å². The van der Waals surface area contributed by atoms with Crippen molar-refractivity contribution in [3.8, 4) is 0 Å². The minimum atomic E-state index is -0.386. The number of nitro benzene ring substituents is 1. The Morgan fingerprint density at radius 3 is 2.75 bits per heavy atom. The number of rotatable bonds is 3. The third-order valence-electron chi connectivity index (χ3n) is 2.75. The molecule has 0 aliphatic rings. The second-order valence-electron chi connectivity index (χ2n) is 4.24. The molecule has 0 amide bonds. The molecule has 0 unspecified atom stereocenters. The van der Waals surface area contributed by atoms with Crippen LogP contribution in [0.1, 0.15) is 14.8 Å². The smallest absolute Gasteiger partial charge is 0.258 e. The molecule has 0 radical (unpaired) electrons. The van der Waals surface area contributed by atoms with Crippen molar-refractivity contribution in [2.75, 3.05) is 0 Å². The molecule has 3 aromatic rings. The van der Waals surface area contributed by atoms with Crippen molar-refractivity contribution in [2.24, 2.45) is 0 Å². The summed E-state index contributed by atoms with van der Waals surface area (Å²) in [6.45, 7) is 2.07. The standard InChI is InChI=1S/C14H10N2O2S2/c1-9-2-4-11(19-9)5-7-14-15-12-6-3-10(16(17)18)8-13(12)20-14/h2-8H,1H3/b7-5+. The Morgan fingerprint density at radius 1 is 1.20 bits per heavy atom. The van der Waals surface area contributed by atoms with E-state index in [1.165, 1.54) is 27.2 Å². The summed E-state index contributed by atoms with van der Waals surface area (Å²) in [6, 6.07) is 8.88. The zero-order chi connectivity index (χ0) is 14.1. The number of nitrogens with zero attached hydrogens (tertiary/aromatic N) is 2. The second-order valence-corrected chi connectivity index (χ2v) is 6.62.